The van der Waals surface area contributed by atoms with Gasteiger partial charge in [0, 0.05) is 49.0 Å². The quantitative estimate of drug-likeness (QED) is 0.861. The predicted octanol–water partition coefficient (Wildman–Crippen LogP) is 1.93. The van der Waals surface area contributed by atoms with Gasteiger partial charge in [-0.1, -0.05) is 18.2 Å². The van der Waals surface area contributed by atoms with E-state index < -0.39 is 0 Å². The van der Waals surface area contributed by atoms with Crippen LogP contribution in [0, 0.1) is 5.41 Å². The summed E-state index contributed by atoms with van der Waals surface area (Å²) >= 11 is 0. The number of aromatic nitrogens is 1. The van der Waals surface area contributed by atoms with Gasteiger partial charge in [-0.2, -0.15) is 0 Å². The Labute approximate surface area is 159 Å². The first-order valence-electron chi connectivity index (χ1n) is 9.77. The molecule has 1 aromatic heterocycles. The van der Waals surface area contributed by atoms with Gasteiger partial charge in [0.2, 0.25) is 5.91 Å². The highest BCUT2D eigenvalue weighted by Gasteiger charge is 2.42. The lowest BCUT2D eigenvalue weighted by Gasteiger charge is -2.48. The van der Waals surface area contributed by atoms with Gasteiger partial charge in [-0.05, 0) is 31.4 Å². The van der Waals surface area contributed by atoms with Crippen molar-refractivity contribution in [3.05, 3.63) is 35.9 Å². The molecule has 0 saturated carbocycles. The van der Waals surface area contributed by atoms with Crippen LogP contribution in [0.15, 0.2) is 30.3 Å². The topological polar surface area (TPSA) is 76.9 Å². The summed E-state index contributed by atoms with van der Waals surface area (Å²) in [5, 5.41) is 20.2. The number of anilines is 1. The molecule has 2 aromatic rings. The lowest BCUT2D eigenvalue weighted by molar-refractivity contribution is -0.138. The summed E-state index contributed by atoms with van der Waals surface area (Å²) in [5.41, 5.74) is 1.83. The normalized spacial score (nSPS) is 23.4. The monoisotopic (exact) mass is 369 g/mol. The maximum Gasteiger partial charge on any atom is 0.222 e. The Bertz CT molecular complexity index is 841. The average Bonchev–Trinajstić information content (AvgIpc) is 2.70. The van der Waals surface area contributed by atoms with E-state index in [2.05, 4.69) is 4.90 Å². The summed E-state index contributed by atoms with van der Waals surface area (Å²) in [4.78, 5) is 21.1. The van der Waals surface area contributed by atoms with E-state index in [1.807, 2.05) is 35.2 Å². The number of carbonyl (C=O) groups is 1. The fraction of sp³-hybridized carbons (Fsp3) is 0.524. The third-order valence-electron chi connectivity index (χ3n) is 6.03. The van der Waals surface area contributed by atoms with Crippen LogP contribution in [0.25, 0.3) is 10.9 Å². The molecular weight excluding hydrogens is 342 g/mol. The Balaban J connectivity index is 1.63. The molecule has 0 radical (unpaired) electrons. The third kappa shape index (κ3) is 3.51. The third-order valence-corrected chi connectivity index (χ3v) is 6.03. The van der Waals surface area contributed by atoms with Crippen LogP contribution >= 0.6 is 0 Å². The number of hydrogen-bond acceptors (Lipinski definition) is 5. The first kappa shape index (κ1) is 18.2. The molecule has 0 bridgehead atoms. The molecule has 2 N–H and O–H groups in total. The second-order valence-corrected chi connectivity index (χ2v) is 7.89. The molecule has 0 aliphatic carbocycles. The molecule has 2 aliphatic heterocycles. The van der Waals surface area contributed by atoms with Crippen molar-refractivity contribution in [2.45, 2.75) is 32.3 Å². The van der Waals surface area contributed by atoms with E-state index in [0.29, 0.717) is 19.5 Å². The summed E-state index contributed by atoms with van der Waals surface area (Å²) in [5.74, 6) is 1.01. The highest BCUT2D eigenvalue weighted by molar-refractivity contribution is 5.82. The number of para-hydroxylation sites is 1. The molecular formula is C21H27N3O3. The number of likely N-dealkylation sites (tertiary alicyclic amines) is 1. The standard InChI is InChI=1S/C21H27N3O3/c25-11-10-23-14-21(8-6-19(23)27)7-3-9-24(15-21)20-17(13-26)12-16-4-1-2-5-18(16)22-20/h1-2,4-5,12,25-26H,3,6-11,13-15H2/t21-/m1/s1. The largest absolute Gasteiger partial charge is 0.395 e. The molecule has 144 valence electrons. The van der Waals surface area contributed by atoms with Crippen LogP contribution in [-0.2, 0) is 11.4 Å². The van der Waals surface area contributed by atoms with Crippen LogP contribution in [0.5, 0.6) is 0 Å². The van der Waals surface area contributed by atoms with Crippen molar-refractivity contribution >= 4 is 22.6 Å². The second-order valence-electron chi connectivity index (χ2n) is 7.89. The molecule has 1 aromatic carbocycles. The summed E-state index contributed by atoms with van der Waals surface area (Å²) in [6.07, 6.45) is 3.55. The number of β-amino-alcohol motifs (C(OH)–C–C–N with tert-alkyl or cyclic N) is 1. The van der Waals surface area contributed by atoms with Gasteiger partial charge in [-0.25, -0.2) is 4.98 Å². The van der Waals surface area contributed by atoms with Crippen molar-refractivity contribution in [1.29, 1.82) is 0 Å². The second kappa shape index (κ2) is 7.44. The van der Waals surface area contributed by atoms with E-state index in [9.17, 15) is 15.0 Å². The van der Waals surface area contributed by atoms with Crippen LogP contribution < -0.4 is 4.90 Å². The molecule has 2 saturated heterocycles. The van der Waals surface area contributed by atoms with E-state index in [1.54, 1.807) is 0 Å². The van der Waals surface area contributed by atoms with Gasteiger partial charge < -0.3 is 20.0 Å². The lowest BCUT2D eigenvalue weighted by atomic mass is 9.73. The van der Waals surface area contributed by atoms with Crippen molar-refractivity contribution in [1.82, 2.24) is 9.88 Å². The molecule has 3 heterocycles. The Morgan fingerprint density at radius 1 is 1.15 bits per heavy atom. The minimum atomic E-state index is -0.0359. The average molecular weight is 369 g/mol. The highest BCUT2D eigenvalue weighted by atomic mass is 16.3. The summed E-state index contributed by atoms with van der Waals surface area (Å²) in [6.45, 7) is 2.83. The molecule has 2 aliphatic rings. The summed E-state index contributed by atoms with van der Waals surface area (Å²) < 4.78 is 0. The molecule has 4 rings (SSSR count). The molecule has 2 fully saturated rings. The van der Waals surface area contributed by atoms with E-state index >= 15 is 0 Å². The maximum atomic E-state index is 12.2. The number of amides is 1. The number of aliphatic hydroxyl groups excluding tert-OH is 2. The Kier molecular flexibility index (Phi) is 5.02. The molecule has 6 heteroatoms. The minimum absolute atomic E-state index is 0.00637. The number of fused-ring (bicyclic) bond motifs is 1. The van der Waals surface area contributed by atoms with E-state index in [0.717, 1.165) is 54.6 Å². The van der Waals surface area contributed by atoms with Crippen LogP contribution in [0.3, 0.4) is 0 Å². The predicted molar refractivity (Wildman–Crippen MR) is 104 cm³/mol. The summed E-state index contributed by atoms with van der Waals surface area (Å²) in [7, 11) is 0. The number of carbonyl (C=O) groups excluding carboxylic acids is 1. The Morgan fingerprint density at radius 2 is 2.00 bits per heavy atom. The minimum Gasteiger partial charge on any atom is -0.395 e. The molecule has 0 unspecified atom stereocenters. The van der Waals surface area contributed by atoms with Gasteiger partial charge in [0.1, 0.15) is 5.82 Å². The van der Waals surface area contributed by atoms with Gasteiger partial charge >= 0.3 is 0 Å². The van der Waals surface area contributed by atoms with Crippen LogP contribution in [0.4, 0.5) is 5.82 Å². The number of piperidine rings is 2. The molecule has 1 atom stereocenters. The number of rotatable bonds is 4. The SMILES string of the molecule is O=C1CC[C@]2(CCCN(c3nc4ccccc4cc3CO)C2)CN1CCO. The zero-order chi connectivity index (χ0) is 18.9. The van der Waals surface area contributed by atoms with Gasteiger partial charge in [0.25, 0.3) is 0 Å². The van der Waals surface area contributed by atoms with Crippen molar-refractivity contribution < 1.29 is 15.0 Å². The fourth-order valence-corrected chi connectivity index (χ4v) is 4.69. The van der Waals surface area contributed by atoms with Crippen molar-refractivity contribution in [2.75, 3.05) is 37.7 Å². The first-order valence-corrected chi connectivity index (χ1v) is 9.77. The number of nitrogens with zero attached hydrogens (tertiary/aromatic N) is 3. The van der Waals surface area contributed by atoms with Crippen molar-refractivity contribution in [2.24, 2.45) is 5.41 Å². The molecule has 6 nitrogen and oxygen atoms in total. The fourth-order valence-electron chi connectivity index (χ4n) is 4.69. The number of hydrogen-bond donors (Lipinski definition) is 2. The number of aliphatic hydroxyl groups is 2. The number of benzene rings is 1. The van der Waals surface area contributed by atoms with Crippen molar-refractivity contribution in [3.63, 3.8) is 0 Å². The van der Waals surface area contributed by atoms with Crippen LogP contribution in [-0.4, -0.2) is 58.8 Å². The van der Waals surface area contributed by atoms with Gasteiger partial charge in [-0.3, -0.25) is 4.79 Å². The lowest BCUT2D eigenvalue weighted by Crippen LogP contribution is -2.54. The van der Waals surface area contributed by atoms with Crippen LogP contribution in [0.1, 0.15) is 31.2 Å². The Morgan fingerprint density at radius 3 is 2.81 bits per heavy atom. The summed E-state index contributed by atoms with van der Waals surface area (Å²) in [6, 6.07) is 10.0. The smallest absolute Gasteiger partial charge is 0.222 e. The maximum absolute atomic E-state index is 12.2. The zero-order valence-corrected chi connectivity index (χ0v) is 15.6. The van der Waals surface area contributed by atoms with E-state index in [-0.39, 0.29) is 24.5 Å². The molecule has 27 heavy (non-hydrogen) atoms. The van der Waals surface area contributed by atoms with Gasteiger partial charge in [0.15, 0.2) is 0 Å². The first-order chi connectivity index (χ1) is 13.1. The van der Waals surface area contributed by atoms with E-state index in [4.69, 9.17) is 4.98 Å². The van der Waals surface area contributed by atoms with Gasteiger partial charge in [0.05, 0.1) is 18.7 Å². The van der Waals surface area contributed by atoms with E-state index in [1.165, 1.54) is 0 Å². The molecule has 1 spiro atoms. The molecule has 1 amide bonds. The number of pyridine rings is 1. The van der Waals surface area contributed by atoms with Crippen molar-refractivity contribution in [3.8, 4) is 0 Å². The zero-order valence-electron chi connectivity index (χ0n) is 15.6. The van der Waals surface area contributed by atoms with Crippen LogP contribution in [0.2, 0.25) is 0 Å². The highest BCUT2D eigenvalue weighted by Crippen LogP contribution is 2.40. The Hall–Kier alpha value is -2.18. The van der Waals surface area contributed by atoms with Gasteiger partial charge in [-0.15, -0.1) is 0 Å².